The molecular weight excluding hydrogens is 550 g/mol. The van der Waals surface area contributed by atoms with Crippen molar-refractivity contribution in [3.05, 3.63) is 74.3 Å². The summed E-state index contributed by atoms with van der Waals surface area (Å²) < 4.78 is 79.3. The highest BCUT2D eigenvalue weighted by Crippen LogP contribution is 2.31. The third-order valence-corrected chi connectivity index (χ3v) is 6.08. The van der Waals surface area contributed by atoms with Crippen LogP contribution in [0.2, 0.25) is 0 Å². The fraction of sp³-hybridized carbons (Fsp3) is 0.391. The monoisotopic (exact) mass is 572 g/mol. The van der Waals surface area contributed by atoms with Crippen molar-refractivity contribution in [1.29, 1.82) is 0 Å². The summed E-state index contributed by atoms with van der Waals surface area (Å²) in [5, 5.41) is 7.66. The summed E-state index contributed by atoms with van der Waals surface area (Å²) in [5.74, 6) is -0.501. The van der Waals surface area contributed by atoms with E-state index in [1.807, 2.05) is 0 Å². The molecule has 17 heteroatoms. The number of pyridine rings is 1. The van der Waals surface area contributed by atoms with Crippen molar-refractivity contribution in [2.24, 2.45) is 0 Å². The van der Waals surface area contributed by atoms with E-state index in [-0.39, 0.29) is 44.2 Å². The molecule has 1 amide bonds. The van der Waals surface area contributed by atoms with Crippen LogP contribution in [0.1, 0.15) is 28.4 Å². The highest BCUT2D eigenvalue weighted by atomic mass is 19.4. The topological polar surface area (TPSA) is 129 Å². The third kappa shape index (κ3) is 6.23. The lowest BCUT2D eigenvalue weighted by molar-refractivity contribution is -0.139. The van der Waals surface area contributed by atoms with E-state index in [0.29, 0.717) is 12.4 Å². The number of aromatic nitrogens is 5. The zero-order valence-corrected chi connectivity index (χ0v) is 20.8. The van der Waals surface area contributed by atoms with Crippen LogP contribution >= 0.6 is 0 Å². The van der Waals surface area contributed by atoms with E-state index in [0.717, 1.165) is 10.8 Å². The second kappa shape index (κ2) is 11.0. The Hall–Kier alpha value is -4.44. The van der Waals surface area contributed by atoms with Crippen molar-refractivity contribution in [2.75, 3.05) is 36.4 Å². The van der Waals surface area contributed by atoms with E-state index in [2.05, 4.69) is 20.4 Å². The smallest absolute Gasteiger partial charge is 0.379 e. The van der Waals surface area contributed by atoms with Gasteiger partial charge in [-0.1, -0.05) is 0 Å². The highest BCUT2D eigenvalue weighted by Gasteiger charge is 2.37. The Kier molecular flexibility index (Phi) is 7.84. The van der Waals surface area contributed by atoms with Crippen molar-refractivity contribution in [2.45, 2.75) is 31.9 Å². The molecule has 3 aromatic rings. The molecule has 0 saturated carbocycles. The van der Waals surface area contributed by atoms with Crippen LogP contribution in [0.4, 0.5) is 38.0 Å². The first-order valence-electron chi connectivity index (χ1n) is 11.8. The molecule has 0 bridgehead atoms. The molecule has 4 heterocycles. The summed E-state index contributed by atoms with van der Waals surface area (Å²) in [6, 6.07) is 2.00. The van der Waals surface area contributed by atoms with E-state index in [9.17, 15) is 40.7 Å². The maximum absolute atomic E-state index is 13.3. The number of anilines is 2. The number of carbonyl (C=O) groups excluding carboxylic acids is 1. The van der Waals surface area contributed by atoms with Crippen LogP contribution in [0.5, 0.6) is 0 Å². The van der Waals surface area contributed by atoms with Gasteiger partial charge in [0.2, 0.25) is 5.95 Å². The van der Waals surface area contributed by atoms with Gasteiger partial charge in [0, 0.05) is 57.4 Å². The van der Waals surface area contributed by atoms with E-state index < -0.39 is 52.2 Å². The van der Waals surface area contributed by atoms with E-state index >= 15 is 0 Å². The molecule has 1 atom stereocenters. The van der Waals surface area contributed by atoms with Crippen molar-refractivity contribution in [3.63, 3.8) is 0 Å². The number of amides is 1. The first-order chi connectivity index (χ1) is 18.8. The average molecular weight is 572 g/mol. The molecule has 0 radical (unpaired) electrons. The lowest BCUT2D eigenvalue weighted by Crippen LogP contribution is -2.50. The summed E-state index contributed by atoms with van der Waals surface area (Å²) in [4.78, 5) is 48.3. The molecule has 11 nitrogen and oxygen atoms in total. The molecule has 0 spiro atoms. The van der Waals surface area contributed by atoms with Crippen LogP contribution < -0.4 is 21.3 Å². The van der Waals surface area contributed by atoms with Crippen LogP contribution in [0, 0.1) is 0 Å². The maximum atomic E-state index is 13.3. The van der Waals surface area contributed by atoms with Gasteiger partial charge in [0.15, 0.2) is 0 Å². The standard InChI is InChI=1S/C23H22F6N8O3/c1-13(33-16-11-32-34-18(38)17(16)23(27,28)29)12-37-4-2-3-15(20(37)40)19(39)35-5-7-36(8-6-35)21-30-9-14(10-31-21)22(24,25)26/h2-4,9-11,13H,5-8,12H2,1H3,(H2,33,34,38)/t13-/m0/s1. The van der Waals surface area contributed by atoms with Gasteiger partial charge in [-0.05, 0) is 19.1 Å². The lowest BCUT2D eigenvalue weighted by Gasteiger charge is -2.34. The second-order valence-corrected chi connectivity index (χ2v) is 8.96. The number of nitrogens with zero attached hydrogens (tertiary/aromatic N) is 6. The predicted octanol–water partition coefficient (Wildman–Crippen LogP) is 2.22. The summed E-state index contributed by atoms with van der Waals surface area (Å²) in [5.41, 5.74) is -5.24. The van der Waals surface area contributed by atoms with Crippen molar-refractivity contribution in [3.8, 4) is 0 Å². The van der Waals surface area contributed by atoms with Gasteiger partial charge in [0.25, 0.3) is 17.0 Å². The second-order valence-electron chi connectivity index (χ2n) is 8.96. The van der Waals surface area contributed by atoms with Crippen LogP contribution in [0.15, 0.2) is 46.5 Å². The molecule has 1 fully saturated rings. The Morgan fingerprint density at radius 1 is 1.02 bits per heavy atom. The Morgan fingerprint density at radius 3 is 2.27 bits per heavy atom. The van der Waals surface area contributed by atoms with Crippen LogP contribution in [-0.2, 0) is 18.9 Å². The number of alkyl halides is 6. The summed E-state index contributed by atoms with van der Waals surface area (Å²) >= 11 is 0. The molecule has 0 unspecified atom stereocenters. The highest BCUT2D eigenvalue weighted by molar-refractivity contribution is 5.94. The number of hydrogen-bond donors (Lipinski definition) is 2. The Bertz CT molecular complexity index is 1480. The van der Waals surface area contributed by atoms with Crippen LogP contribution in [-0.4, -0.2) is 67.8 Å². The fourth-order valence-electron chi connectivity index (χ4n) is 4.15. The molecule has 0 aliphatic carbocycles. The summed E-state index contributed by atoms with van der Waals surface area (Å²) in [7, 11) is 0. The Morgan fingerprint density at radius 2 is 1.68 bits per heavy atom. The Labute approximate surface area is 221 Å². The van der Waals surface area contributed by atoms with Gasteiger partial charge in [-0.2, -0.15) is 31.4 Å². The molecule has 1 aliphatic heterocycles. The SMILES string of the molecule is C[C@@H](Cn1cccc(C(=O)N2CCN(c3ncc(C(F)(F)F)cn3)CC2)c1=O)Nc1cn[nH]c(=O)c1C(F)(F)F. The largest absolute Gasteiger partial charge is 0.423 e. The van der Waals surface area contributed by atoms with Crippen LogP contribution in [0.25, 0.3) is 0 Å². The normalized spacial score (nSPS) is 15.2. The number of carbonyl (C=O) groups is 1. The molecule has 214 valence electrons. The minimum absolute atomic E-state index is 0.0768. The van der Waals surface area contributed by atoms with Crippen LogP contribution in [0.3, 0.4) is 0 Å². The molecule has 4 rings (SSSR count). The van der Waals surface area contributed by atoms with E-state index in [1.54, 1.807) is 10.00 Å². The van der Waals surface area contributed by atoms with Gasteiger partial charge in [-0.3, -0.25) is 14.4 Å². The Balaban J connectivity index is 1.42. The molecule has 3 aromatic heterocycles. The zero-order valence-electron chi connectivity index (χ0n) is 20.8. The third-order valence-electron chi connectivity index (χ3n) is 6.08. The van der Waals surface area contributed by atoms with Gasteiger partial charge < -0.3 is 19.7 Å². The molecule has 40 heavy (non-hydrogen) atoms. The minimum atomic E-state index is -4.94. The molecule has 0 aromatic carbocycles. The lowest BCUT2D eigenvalue weighted by atomic mass is 10.2. The number of nitrogens with one attached hydrogen (secondary N) is 2. The number of piperazine rings is 1. The maximum Gasteiger partial charge on any atom is 0.423 e. The van der Waals surface area contributed by atoms with Crippen molar-refractivity contribution < 1.29 is 31.1 Å². The zero-order chi connectivity index (χ0) is 29.2. The van der Waals surface area contributed by atoms with Gasteiger partial charge in [0.1, 0.15) is 11.1 Å². The van der Waals surface area contributed by atoms with Gasteiger partial charge in [-0.25, -0.2) is 15.1 Å². The minimum Gasteiger partial charge on any atom is -0.379 e. The molecule has 1 saturated heterocycles. The predicted molar refractivity (Wildman–Crippen MR) is 129 cm³/mol. The first kappa shape index (κ1) is 28.6. The van der Waals surface area contributed by atoms with Gasteiger partial charge in [0.05, 0.1) is 17.4 Å². The van der Waals surface area contributed by atoms with E-state index in [1.165, 1.54) is 30.2 Å². The number of H-pyrrole nitrogens is 1. The fourth-order valence-corrected chi connectivity index (χ4v) is 4.15. The molecular formula is C23H22F6N8O3. The number of rotatable bonds is 6. The summed E-state index contributed by atoms with van der Waals surface area (Å²) in [6.45, 7) is 2.07. The molecule has 1 aliphatic rings. The number of hydrogen-bond acceptors (Lipinski definition) is 8. The van der Waals surface area contributed by atoms with Gasteiger partial charge in [-0.15, -0.1) is 0 Å². The molecule has 2 N–H and O–H groups in total. The number of aromatic amines is 1. The first-order valence-corrected chi connectivity index (χ1v) is 11.8. The van der Waals surface area contributed by atoms with E-state index in [4.69, 9.17) is 0 Å². The quantitative estimate of drug-likeness (QED) is 0.431. The summed E-state index contributed by atoms with van der Waals surface area (Å²) in [6.07, 6.45) is -5.96. The number of halogens is 6. The van der Waals surface area contributed by atoms with Crippen molar-refractivity contribution >= 4 is 17.5 Å². The average Bonchev–Trinajstić information content (AvgIpc) is 2.88. The van der Waals surface area contributed by atoms with Gasteiger partial charge >= 0.3 is 12.4 Å². The van der Waals surface area contributed by atoms with Crippen molar-refractivity contribution in [1.82, 2.24) is 29.6 Å².